The van der Waals surface area contributed by atoms with Gasteiger partial charge in [0.1, 0.15) is 5.82 Å². The molecule has 0 aromatic carbocycles. The lowest BCUT2D eigenvalue weighted by Crippen LogP contribution is -2.41. The summed E-state index contributed by atoms with van der Waals surface area (Å²) in [6.07, 6.45) is 5.12. The molecular formula is C11H15N3O. The highest BCUT2D eigenvalue weighted by Gasteiger charge is 2.31. The van der Waals surface area contributed by atoms with E-state index in [0.29, 0.717) is 5.56 Å². The maximum atomic E-state index is 10.8. The van der Waals surface area contributed by atoms with Crippen LogP contribution in [0.2, 0.25) is 0 Å². The van der Waals surface area contributed by atoms with Crippen molar-refractivity contribution in [1.82, 2.24) is 4.98 Å². The Morgan fingerprint density at radius 2 is 2.27 bits per heavy atom. The highest BCUT2D eigenvalue weighted by molar-refractivity contribution is 5.92. The minimum atomic E-state index is -0.441. The molecule has 1 aromatic rings. The van der Waals surface area contributed by atoms with Crippen LogP contribution in [-0.4, -0.2) is 16.4 Å². The topological polar surface area (TPSA) is 68.0 Å². The fourth-order valence-corrected chi connectivity index (χ4v) is 1.75. The molecule has 0 spiro atoms. The number of rotatable bonds is 3. The van der Waals surface area contributed by atoms with E-state index in [-0.39, 0.29) is 5.54 Å². The van der Waals surface area contributed by atoms with Crippen LogP contribution in [0.3, 0.4) is 0 Å². The monoisotopic (exact) mass is 205 g/mol. The molecule has 1 amide bonds. The molecule has 1 aliphatic rings. The predicted octanol–water partition coefficient (Wildman–Crippen LogP) is 1.53. The minimum Gasteiger partial charge on any atom is -0.366 e. The van der Waals surface area contributed by atoms with Gasteiger partial charge in [-0.15, -0.1) is 0 Å². The second-order valence-electron chi connectivity index (χ2n) is 4.34. The number of nitrogens with two attached hydrogens (primary N) is 1. The Morgan fingerprint density at radius 1 is 1.53 bits per heavy atom. The van der Waals surface area contributed by atoms with Gasteiger partial charge in [-0.2, -0.15) is 0 Å². The lowest BCUT2D eigenvalue weighted by Gasteiger charge is -2.39. The highest BCUT2D eigenvalue weighted by Crippen LogP contribution is 2.33. The minimum absolute atomic E-state index is 0.182. The Balaban J connectivity index is 2.07. The number of nitrogens with one attached hydrogen (secondary N) is 1. The summed E-state index contributed by atoms with van der Waals surface area (Å²) in [5.41, 5.74) is 5.75. The molecule has 0 unspecified atom stereocenters. The third-order valence-electron chi connectivity index (χ3n) is 2.93. The normalized spacial score (nSPS) is 17.9. The molecule has 0 saturated heterocycles. The standard InChI is InChI=1S/C11H15N3O/c1-11(5-2-6-11)14-9-4-3-8(7-13-9)10(12)15/h3-4,7H,2,5-6H2,1H3,(H2,12,15)(H,13,14). The van der Waals surface area contributed by atoms with E-state index in [4.69, 9.17) is 5.73 Å². The van der Waals surface area contributed by atoms with E-state index in [1.54, 1.807) is 12.1 Å². The van der Waals surface area contributed by atoms with Gasteiger partial charge in [-0.05, 0) is 38.3 Å². The van der Waals surface area contributed by atoms with Gasteiger partial charge in [0.05, 0.1) is 5.56 Å². The van der Waals surface area contributed by atoms with Gasteiger partial charge >= 0.3 is 0 Å². The number of carbonyl (C=O) groups excluding carboxylic acids is 1. The molecule has 15 heavy (non-hydrogen) atoms. The number of pyridine rings is 1. The molecule has 1 aromatic heterocycles. The zero-order valence-electron chi connectivity index (χ0n) is 8.79. The first-order valence-electron chi connectivity index (χ1n) is 5.13. The first-order chi connectivity index (χ1) is 7.09. The molecular weight excluding hydrogens is 190 g/mol. The summed E-state index contributed by atoms with van der Waals surface area (Å²) < 4.78 is 0. The van der Waals surface area contributed by atoms with Crippen molar-refractivity contribution in [1.29, 1.82) is 0 Å². The average Bonchev–Trinajstić information content (AvgIpc) is 2.16. The van der Waals surface area contributed by atoms with Crippen molar-refractivity contribution in [3.8, 4) is 0 Å². The molecule has 80 valence electrons. The van der Waals surface area contributed by atoms with Crippen LogP contribution < -0.4 is 11.1 Å². The number of carbonyl (C=O) groups is 1. The fourth-order valence-electron chi connectivity index (χ4n) is 1.75. The summed E-state index contributed by atoms with van der Waals surface area (Å²) in [7, 11) is 0. The van der Waals surface area contributed by atoms with Crippen molar-refractivity contribution in [2.45, 2.75) is 31.7 Å². The number of anilines is 1. The molecule has 0 bridgehead atoms. The molecule has 0 aliphatic heterocycles. The van der Waals surface area contributed by atoms with Crippen LogP contribution in [0.5, 0.6) is 0 Å². The summed E-state index contributed by atoms with van der Waals surface area (Å²) in [5.74, 6) is 0.367. The van der Waals surface area contributed by atoms with Gasteiger partial charge in [0.15, 0.2) is 0 Å². The van der Waals surface area contributed by atoms with Crippen molar-refractivity contribution in [3.63, 3.8) is 0 Å². The predicted molar refractivity (Wildman–Crippen MR) is 58.6 cm³/mol. The average molecular weight is 205 g/mol. The number of hydrogen-bond donors (Lipinski definition) is 2. The Morgan fingerprint density at radius 3 is 2.67 bits per heavy atom. The second kappa shape index (κ2) is 3.53. The maximum Gasteiger partial charge on any atom is 0.250 e. The third kappa shape index (κ3) is 2.09. The number of amides is 1. The summed E-state index contributed by atoms with van der Waals surface area (Å²) in [4.78, 5) is 15.0. The number of aromatic nitrogens is 1. The Bertz CT molecular complexity index is 368. The molecule has 0 atom stereocenters. The van der Waals surface area contributed by atoms with Crippen LogP contribution in [0.1, 0.15) is 36.5 Å². The van der Waals surface area contributed by atoms with Gasteiger partial charge in [0.2, 0.25) is 5.91 Å². The largest absolute Gasteiger partial charge is 0.366 e. The van der Waals surface area contributed by atoms with E-state index < -0.39 is 5.91 Å². The maximum absolute atomic E-state index is 10.8. The highest BCUT2D eigenvalue weighted by atomic mass is 16.1. The molecule has 4 heteroatoms. The van der Waals surface area contributed by atoms with E-state index >= 15 is 0 Å². The summed E-state index contributed by atoms with van der Waals surface area (Å²) in [6.45, 7) is 2.18. The number of primary amides is 1. The zero-order chi connectivity index (χ0) is 10.9. The third-order valence-corrected chi connectivity index (χ3v) is 2.93. The van der Waals surface area contributed by atoms with E-state index in [1.165, 1.54) is 25.5 Å². The van der Waals surface area contributed by atoms with E-state index in [2.05, 4.69) is 17.2 Å². The molecule has 0 radical (unpaired) electrons. The second-order valence-corrected chi connectivity index (χ2v) is 4.34. The molecule has 1 saturated carbocycles. The summed E-state index contributed by atoms with van der Waals surface area (Å²) in [5, 5.41) is 3.36. The first kappa shape index (κ1) is 9.96. The van der Waals surface area contributed by atoms with Crippen LogP contribution >= 0.6 is 0 Å². The Kier molecular flexibility index (Phi) is 2.34. The van der Waals surface area contributed by atoms with Crippen LogP contribution in [-0.2, 0) is 0 Å². The number of hydrogen-bond acceptors (Lipinski definition) is 3. The van der Waals surface area contributed by atoms with E-state index in [0.717, 1.165) is 5.82 Å². The summed E-state index contributed by atoms with van der Waals surface area (Å²) >= 11 is 0. The molecule has 1 fully saturated rings. The first-order valence-corrected chi connectivity index (χ1v) is 5.13. The zero-order valence-corrected chi connectivity index (χ0v) is 8.79. The fraction of sp³-hybridized carbons (Fsp3) is 0.455. The van der Waals surface area contributed by atoms with Crippen LogP contribution in [0, 0.1) is 0 Å². The lowest BCUT2D eigenvalue weighted by molar-refractivity contribution is 0.1000. The van der Waals surface area contributed by atoms with Gasteiger partial charge in [-0.25, -0.2) is 4.98 Å². The molecule has 2 rings (SSSR count). The summed E-state index contributed by atoms with van der Waals surface area (Å²) in [6, 6.07) is 3.49. The van der Waals surface area contributed by atoms with Crippen molar-refractivity contribution in [3.05, 3.63) is 23.9 Å². The smallest absolute Gasteiger partial charge is 0.250 e. The van der Waals surface area contributed by atoms with E-state index in [9.17, 15) is 4.79 Å². The molecule has 4 nitrogen and oxygen atoms in total. The van der Waals surface area contributed by atoms with Crippen molar-refractivity contribution >= 4 is 11.7 Å². The van der Waals surface area contributed by atoms with Gasteiger partial charge < -0.3 is 11.1 Å². The van der Waals surface area contributed by atoms with Crippen LogP contribution in [0.15, 0.2) is 18.3 Å². The van der Waals surface area contributed by atoms with Crippen molar-refractivity contribution in [2.24, 2.45) is 5.73 Å². The molecule has 3 N–H and O–H groups in total. The van der Waals surface area contributed by atoms with Gasteiger partial charge in [0.25, 0.3) is 0 Å². The van der Waals surface area contributed by atoms with E-state index in [1.807, 2.05) is 0 Å². The molecule has 1 heterocycles. The van der Waals surface area contributed by atoms with Gasteiger partial charge in [-0.3, -0.25) is 4.79 Å². The van der Waals surface area contributed by atoms with Gasteiger partial charge in [-0.1, -0.05) is 0 Å². The van der Waals surface area contributed by atoms with Crippen LogP contribution in [0.25, 0.3) is 0 Å². The Labute approximate surface area is 88.9 Å². The van der Waals surface area contributed by atoms with Crippen molar-refractivity contribution in [2.75, 3.05) is 5.32 Å². The SMILES string of the molecule is CC1(Nc2ccc(C(N)=O)cn2)CCC1. The lowest BCUT2D eigenvalue weighted by atomic mass is 9.78. The molecule has 1 aliphatic carbocycles. The Hall–Kier alpha value is -1.58. The van der Waals surface area contributed by atoms with Gasteiger partial charge in [0, 0.05) is 11.7 Å². The number of nitrogens with zero attached hydrogens (tertiary/aromatic N) is 1. The quantitative estimate of drug-likeness (QED) is 0.786. The van der Waals surface area contributed by atoms with Crippen LogP contribution in [0.4, 0.5) is 5.82 Å². The van der Waals surface area contributed by atoms with Crippen molar-refractivity contribution < 1.29 is 4.79 Å².